The van der Waals surface area contributed by atoms with Crippen LogP contribution in [0.2, 0.25) is 0 Å². The average molecular weight is 398 g/mol. The zero-order chi connectivity index (χ0) is 20.2. The Morgan fingerprint density at radius 1 is 1.14 bits per heavy atom. The third-order valence-electron chi connectivity index (χ3n) is 5.62. The van der Waals surface area contributed by atoms with Gasteiger partial charge in [0.2, 0.25) is 5.95 Å². The first-order valence-corrected chi connectivity index (χ1v) is 10.5. The van der Waals surface area contributed by atoms with E-state index in [4.69, 9.17) is 9.47 Å². The highest BCUT2D eigenvalue weighted by Gasteiger charge is 2.32. The number of rotatable bonds is 8. The topological polar surface area (TPSA) is 71.5 Å². The molecule has 2 aliphatic rings. The van der Waals surface area contributed by atoms with Gasteiger partial charge in [-0.05, 0) is 51.3 Å². The Balaban J connectivity index is 1.43. The van der Waals surface area contributed by atoms with Crippen LogP contribution in [0.4, 0.5) is 17.5 Å². The van der Waals surface area contributed by atoms with Crippen molar-refractivity contribution >= 4 is 17.5 Å². The number of aromatic nitrogens is 2. The van der Waals surface area contributed by atoms with E-state index in [9.17, 15) is 0 Å². The molecule has 1 aromatic heterocycles. The number of piperidine rings is 1. The highest BCUT2D eigenvalue weighted by molar-refractivity contribution is 5.60. The molecule has 2 N–H and O–H groups in total. The van der Waals surface area contributed by atoms with Gasteiger partial charge in [0.1, 0.15) is 5.82 Å². The molecule has 1 unspecified atom stereocenters. The van der Waals surface area contributed by atoms with Gasteiger partial charge in [-0.25, -0.2) is 4.98 Å². The lowest BCUT2D eigenvalue weighted by Crippen LogP contribution is -2.39. The minimum Gasteiger partial charge on any atom is -0.493 e. The SMILES string of the molecule is CNc1cc(C)nc(Nc2ccc(OC)c(OCC3CCCN(C4CC4)C3)c2)n1. The molecule has 7 nitrogen and oxygen atoms in total. The van der Waals surface area contributed by atoms with E-state index in [-0.39, 0.29) is 0 Å². The zero-order valence-electron chi connectivity index (χ0n) is 17.6. The normalized spacial score (nSPS) is 19.6. The standard InChI is InChI=1S/C22H31N5O2/c1-15-11-21(23-2)26-22(24-15)25-17-6-9-19(28-3)20(12-17)29-14-16-5-4-10-27(13-16)18-7-8-18/h6,9,11-12,16,18H,4-5,7-8,10,13-14H2,1-3H3,(H2,23,24,25,26). The molecule has 1 saturated heterocycles. The molecule has 2 aromatic rings. The van der Waals surface area contributed by atoms with Crippen LogP contribution >= 0.6 is 0 Å². The van der Waals surface area contributed by atoms with Crippen LogP contribution in [0.15, 0.2) is 24.3 Å². The Bertz CT molecular complexity index is 840. The monoisotopic (exact) mass is 397 g/mol. The first kappa shape index (κ1) is 19.8. The number of nitrogens with zero attached hydrogens (tertiary/aromatic N) is 3. The highest BCUT2D eigenvalue weighted by atomic mass is 16.5. The fourth-order valence-electron chi connectivity index (χ4n) is 3.96. The minimum absolute atomic E-state index is 0.554. The van der Waals surface area contributed by atoms with Crippen molar-refractivity contribution in [1.82, 2.24) is 14.9 Å². The lowest BCUT2D eigenvalue weighted by atomic mass is 9.99. The van der Waals surface area contributed by atoms with Crippen LogP contribution in [0.25, 0.3) is 0 Å². The summed E-state index contributed by atoms with van der Waals surface area (Å²) in [5.41, 5.74) is 1.77. The summed E-state index contributed by atoms with van der Waals surface area (Å²) >= 11 is 0. The minimum atomic E-state index is 0.554. The van der Waals surface area contributed by atoms with Crippen LogP contribution in [0.5, 0.6) is 11.5 Å². The van der Waals surface area contributed by atoms with Crippen LogP contribution in [0.1, 0.15) is 31.4 Å². The summed E-state index contributed by atoms with van der Waals surface area (Å²) in [6.45, 7) is 5.06. The lowest BCUT2D eigenvalue weighted by molar-refractivity contribution is 0.123. The van der Waals surface area contributed by atoms with Crippen LogP contribution in [-0.2, 0) is 0 Å². The van der Waals surface area contributed by atoms with Gasteiger partial charge in [-0.15, -0.1) is 0 Å². The number of hydrogen-bond acceptors (Lipinski definition) is 7. The maximum Gasteiger partial charge on any atom is 0.229 e. The van der Waals surface area contributed by atoms with Crippen molar-refractivity contribution in [2.45, 2.75) is 38.6 Å². The molecule has 4 rings (SSSR count). The van der Waals surface area contributed by atoms with Crippen molar-refractivity contribution in [3.63, 3.8) is 0 Å². The Morgan fingerprint density at radius 3 is 2.76 bits per heavy atom. The summed E-state index contributed by atoms with van der Waals surface area (Å²) in [6, 6.07) is 8.57. The van der Waals surface area contributed by atoms with Gasteiger partial charge in [0, 0.05) is 49.1 Å². The van der Waals surface area contributed by atoms with Gasteiger partial charge in [-0.1, -0.05) is 0 Å². The largest absolute Gasteiger partial charge is 0.493 e. The molecule has 1 saturated carbocycles. The number of ether oxygens (including phenoxy) is 2. The summed E-state index contributed by atoms with van der Waals surface area (Å²) in [4.78, 5) is 11.6. The third-order valence-corrected chi connectivity index (χ3v) is 5.62. The molecule has 0 radical (unpaired) electrons. The first-order valence-electron chi connectivity index (χ1n) is 10.5. The summed E-state index contributed by atoms with van der Waals surface area (Å²) < 4.78 is 11.7. The Labute approximate surface area is 172 Å². The average Bonchev–Trinajstić information content (AvgIpc) is 3.57. The van der Waals surface area contributed by atoms with Gasteiger partial charge in [-0.3, -0.25) is 4.90 Å². The second-order valence-electron chi connectivity index (χ2n) is 8.00. The van der Waals surface area contributed by atoms with Gasteiger partial charge in [-0.2, -0.15) is 4.98 Å². The fourth-order valence-corrected chi connectivity index (χ4v) is 3.96. The van der Waals surface area contributed by atoms with Crippen molar-refractivity contribution in [2.75, 3.05) is 44.5 Å². The van der Waals surface area contributed by atoms with Gasteiger partial charge >= 0.3 is 0 Å². The first-order chi connectivity index (χ1) is 14.1. The Hall–Kier alpha value is -2.54. The lowest BCUT2D eigenvalue weighted by Gasteiger charge is -2.32. The van der Waals surface area contributed by atoms with Crippen molar-refractivity contribution in [1.29, 1.82) is 0 Å². The van der Waals surface area contributed by atoms with E-state index in [1.54, 1.807) is 7.11 Å². The molecule has 156 valence electrons. The van der Waals surface area contributed by atoms with Crippen molar-refractivity contribution < 1.29 is 9.47 Å². The molecule has 0 bridgehead atoms. The zero-order valence-corrected chi connectivity index (χ0v) is 17.6. The number of hydrogen-bond donors (Lipinski definition) is 2. The molecule has 29 heavy (non-hydrogen) atoms. The van der Waals surface area contributed by atoms with Gasteiger partial charge in [0.15, 0.2) is 11.5 Å². The molecule has 1 aromatic carbocycles. The van der Waals surface area contributed by atoms with Crippen LogP contribution in [0.3, 0.4) is 0 Å². The van der Waals surface area contributed by atoms with E-state index >= 15 is 0 Å². The Morgan fingerprint density at radius 2 is 2.00 bits per heavy atom. The third kappa shape index (κ3) is 5.09. The summed E-state index contributed by atoms with van der Waals surface area (Å²) in [5, 5.41) is 6.33. The van der Waals surface area contributed by atoms with E-state index in [0.29, 0.717) is 18.5 Å². The van der Waals surface area contributed by atoms with E-state index < -0.39 is 0 Å². The number of benzene rings is 1. The second kappa shape index (κ2) is 8.86. The number of aryl methyl sites for hydroxylation is 1. The fraction of sp³-hybridized carbons (Fsp3) is 0.545. The van der Waals surface area contributed by atoms with E-state index in [2.05, 4.69) is 25.5 Å². The highest BCUT2D eigenvalue weighted by Crippen LogP contribution is 2.34. The van der Waals surface area contributed by atoms with E-state index in [1.165, 1.54) is 32.2 Å². The molecular weight excluding hydrogens is 366 g/mol. The van der Waals surface area contributed by atoms with Crippen molar-refractivity contribution in [3.8, 4) is 11.5 Å². The second-order valence-corrected chi connectivity index (χ2v) is 8.00. The maximum absolute atomic E-state index is 6.22. The summed E-state index contributed by atoms with van der Waals surface area (Å²) in [5.74, 6) is 3.40. The quantitative estimate of drug-likeness (QED) is 0.701. The Kier molecular flexibility index (Phi) is 6.04. The molecule has 2 heterocycles. The van der Waals surface area contributed by atoms with Gasteiger partial charge in [0.05, 0.1) is 13.7 Å². The van der Waals surface area contributed by atoms with Gasteiger partial charge in [0.25, 0.3) is 0 Å². The van der Waals surface area contributed by atoms with Crippen molar-refractivity contribution in [3.05, 3.63) is 30.0 Å². The van der Waals surface area contributed by atoms with Crippen LogP contribution in [0, 0.1) is 12.8 Å². The predicted octanol–water partition coefficient (Wildman–Crippen LogP) is 3.83. The van der Waals surface area contributed by atoms with E-state index in [1.807, 2.05) is 38.2 Å². The molecule has 1 aliphatic carbocycles. The smallest absolute Gasteiger partial charge is 0.229 e. The van der Waals surface area contributed by atoms with Gasteiger partial charge < -0.3 is 20.1 Å². The number of methoxy groups -OCH3 is 1. The predicted molar refractivity (Wildman–Crippen MR) is 115 cm³/mol. The molecule has 0 amide bonds. The number of likely N-dealkylation sites (tertiary alicyclic amines) is 1. The number of nitrogens with one attached hydrogen (secondary N) is 2. The molecular formula is C22H31N5O2. The summed E-state index contributed by atoms with van der Waals surface area (Å²) in [6.07, 6.45) is 5.23. The van der Waals surface area contributed by atoms with E-state index in [0.717, 1.165) is 41.3 Å². The maximum atomic E-state index is 6.22. The molecule has 1 aliphatic heterocycles. The molecule has 2 fully saturated rings. The molecule has 1 atom stereocenters. The number of anilines is 3. The molecule has 0 spiro atoms. The van der Waals surface area contributed by atoms with Crippen molar-refractivity contribution in [2.24, 2.45) is 5.92 Å². The summed E-state index contributed by atoms with van der Waals surface area (Å²) in [7, 11) is 3.52. The van der Waals surface area contributed by atoms with Crippen LogP contribution < -0.4 is 20.1 Å². The van der Waals surface area contributed by atoms with Crippen LogP contribution in [-0.4, -0.2) is 54.8 Å². The molecule has 7 heteroatoms.